The molecule has 130 valence electrons. The zero-order valence-electron chi connectivity index (χ0n) is 15.3. The molecule has 0 radical (unpaired) electrons. The van der Waals surface area contributed by atoms with Crippen molar-refractivity contribution in [2.45, 2.75) is 59.8 Å². The smallest absolute Gasteiger partial charge is 0.338 e. The van der Waals surface area contributed by atoms with Gasteiger partial charge in [-0.05, 0) is 49.4 Å². The summed E-state index contributed by atoms with van der Waals surface area (Å²) in [6.07, 6.45) is 5.70. The topological polar surface area (TPSA) is 29.5 Å². The van der Waals surface area contributed by atoms with Gasteiger partial charge in [0.05, 0.1) is 12.2 Å². The van der Waals surface area contributed by atoms with Gasteiger partial charge in [-0.15, -0.1) is 0 Å². The highest BCUT2D eigenvalue weighted by molar-refractivity contribution is 5.89. The molecule has 0 amide bonds. The number of esters is 1. The number of ether oxygens (including phenoxy) is 1. The average Bonchev–Trinajstić information content (AvgIpc) is 2.55. The normalized spacial score (nSPS) is 10.8. The third kappa shape index (κ3) is 7.54. The van der Waals surface area contributed by atoms with Gasteiger partial charge in [-0.3, -0.25) is 0 Å². The average molecular weight is 319 g/mol. The Morgan fingerprint density at radius 1 is 1.04 bits per heavy atom. The molecule has 0 aliphatic heterocycles. The second-order valence-corrected chi connectivity index (χ2v) is 6.56. The van der Waals surface area contributed by atoms with Gasteiger partial charge in [0.2, 0.25) is 0 Å². The van der Waals surface area contributed by atoms with E-state index in [1.807, 2.05) is 24.3 Å². The Labute approximate surface area is 142 Å². The van der Waals surface area contributed by atoms with Crippen molar-refractivity contribution in [3.63, 3.8) is 0 Å². The zero-order chi connectivity index (χ0) is 17.1. The predicted molar refractivity (Wildman–Crippen MR) is 98.2 cm³/mol. The zero-order valence-corrected chi connectivity index (χ0v) is 15.3. The number of carbonyl (C=O) groups is 1. The van der Waals surface area contributed by atoms with E-state index in [0.717, 1.165) is 19.5 Å². The Morgan fingerprint density at radius 3 is 2.09 bits per heavy atom. The summed E-state index contributed by atoms with van der Waals surface area (Å²) in [6, 6.07) is 7.87. The second-order valence-electron chi connectivity index (χ2n) is 6.56. The molecule has 1 rings (SSSR count). The van der Waals surface area contributed by atoms with E-state index in [1.165, 1.54) is 31.4 Å². The van der Waals surface area contributed by atoms with Crippen molar-refractivity contribution in [3.05, 3.63) is 29.8 Å². The van der Waals surface area contributed by atoms with E-state index in [4.69, 9.17) is 4.74 Å². The molecule has 0 heterocycles. The summed E-state index contributed by atoms with van der Waals surface area (Å²) >= 11 is 0. The minimum atomic E-state index is -0.217. The lowest BCUT2D eigenvalue weighted by Gasteiger charge is -2.24. The first-order valence-corrected chi connectivity index (χ1v) is 9.10. The Bertz CT molecular complexity index is 431. The standard InChI is InChI=1S/C20H33NO2/c1-5-7-14-21(15-8-6-2)19-11-9-18(10-12-19)20(22)23-16-13-17(3)4/h9-12,17H,5-8,13-16H2,1-4H3. The number of rotatable bonds is 11. The highest BCUT2D eigenvalue weighted by Gasteiger charge is 2.10. The molecular formula is C20H33NO2. The monoisotopic (exact) mass is 319 g/mol. The molecular weight excluding hydrogens is 286 g/mol. The third-order valence-corrected chi connectivity index (χ3v) is 3.96. The Hall–Kier alpha value is -1.51. The van der Waals surface area contributed by atoms with Crippen molar-refractivity contribution in [1.29, 1.82) is 0 Å². The summed E-state index contributed by atoms with van der Waals surface area (Å²) in [5, 5.41) is 0. The van der Waals surface area contributed by atoms with E-state index in [2.05, 4.69) is 32.6 Å². The Kier molecular flexibility index (Phi) is 9.42. The minimum absolute atomic E-state index is 0.217. The molecule has 1 aromatic rings. The molecule has 1 aromatic carbocycles. The Balaban J connectivity index is 2.62. The molecule has 0 saturated carbocycles. The summed E-state index contributed by atoms with van der Waals surface area (Å²) in [7, 11) is 0. The van der Waals surface area contributed by atoms with Crippen LogP contribution in [0.15, 0.2) is 24.3 Å². The van der Waals surface area contributed by atoms with Crippen LogP contribution >= 0.6 is 0 Å². The summed E-state index contributed by atoms with van der Waals surface area (Å²) in [5.74, 6) is 0.335. The van der Waals surface area contributed by atoms with Crippen LogP contribution in [-0.2, 0) is 4.74 Å². The molecule has 3 nitrogen and oxygen atoms in total. The number of nitrogens with zero attached hydrogens (tertiary/aromatic N) is 1. The van der Waals surface area contributed by atoms with E-state index in [0.29, 0.717) is 18.1 Å². The number of unbranched alkanes of at least 4 members (excludes halogenated alkanes) is 2. The lowest BCUT2D eigenvalue weighted by atomic mass is 10.1. The first-order valence-electron chi connectivity index (χ1n) is 9.10. The summed E-state index contributed by atoms with van der Waals surface area (Å²) in [6.45, 7) is 11.3. The van der Waals surface area contributed by atoms with Gasteiger partial charge in [-0.2, -0.15) is 0 Å². The number of hydrogen-bond acceptors (Lipinski definition) is 3. The van der Waals surface area contributed by atoms with Gasteiger partial charge in [0.25, 0.3) is 0 Å². The van der Waals surface area contributed by atoms with Crippen LogP contribution < -0.4 is 4.90 Å². The van der Waals surface area contributed by atoms with Crippen LogP contribution in [0.25, 0.3) is 0 Å². The van der Waals surface area contributed by atoms with E-state index in [1.54, 1.807) is 0 Å². The maximum Gasteiger partial charge on any atom is 0.338 e. The fourth-order valence-corrected chi connectivity index (χ4v) is 2.35. The van der Waals surface area contributed by atoms with Crippen molar-refractivity contribution in [1.82, 2.24) is 0 Å². The third-order valence-electron chi connectivity index (χ3n) is 3.96. The Morgan fingerprint density at radius 2 is 1.61 bits per heavy atom. The highest BCUT2D eigenvalue weighted by atomic mass is 16.5. The van der Waals surface area contributed by atoms with E-state index >= 15 is 0 Å². The molecule has 0 bridgehead atoms. The molecule has 0 aliphatic rings. The van der Waals surface area contributed by atoms with Gasteiger partial charge in [0.15, 0.2) is 0 Å². The van der Waals surface area contributed by atoms with Gasteiger partial charge in [0, 0.05) is 18.8 Å². The molecule has 0 fully saturated rings. The van der Waals surface area contributed by atoms with Crippen LogP contribution in [0.4, 0.5) is 5.69 Å². The van der Waals surface area contributed by atoms with Crippen LogP contribution in [0.3, 0.4) is 0 Å². The first kappa shape index (κ1) is 19.5. The van der Waals surface area contributed by atoms with Crippen molar-refractivity contribution in [2.75, 3.05) is 24.6 Å². The fourth-order valence-electron chi connectivity index (χ4n) is 2.35. The molecule has 0 aromatic heterocycles. The van der Waals surface area contributed by atoms with Crippen LogP contribution in [0.1, 0.15) is 70.2 Å². The largest absolute Gasteiger partial charge is 0.462 e. The number of carbonyl (C=O) groups excluding carboxylic acids is 1. The minimum Gasteiger partial charge on any atom is -0.462 e. The van der Waals surface area contributed by atoms with E-state index < -0.39 is 0 Å². The molecule has 3 heteroatoms. The molecule has 0 spiro atoms. The first-order chi connectivity index (χ1) is 11.1. The molecule has 0 atom stereocenters. The van der Waals surface area contributed by atoms with Crippen LogP contribution in [0, 0.1) is 5.92 Å². The highest BCUT2D eigenvalue weighted by Crippen LogP contribution is 2.17. The van der Waals surface area contributed by atoms with Crippen molar-refractivity contribution < 1.29 is 9.53 Å². The van der Waals surface area contributed by atoms with Crippen LogP contribution in [0.2, 0.25) is 0 Å². The van der Waals surface area contributed by atoms with Crippen LogP contribution in [0.5, 0.6) is 0 Å². The van der Waals surface area contributed by atoms with Gasteiger partial charge >= 0.3 is 5.97 Å². The maximum absolute atomic E-state index is 12.0. The van der Waals surface area contributed by atoms with Gasteiger partial charge in [-0.1, -0.05) is 40.5 Å². The SMILES string of the molecule is CCCCN(CCCC)c1ccc(C(=O)OCCC(C)C)cc1. The van der Waals surface area contributed by atoms with E-state index in [-0.39, 0.29) is 5.97 Å². The molecule has 0 unspecified atom stereocenters. The van der Waals surface area contributed by atoms with Crippen molar-refractivity contribution >= 4 is 11.7 Å². The van der Waals surface area contributed by atoms with Gasteiger partial charge < -0.3 is 9.64 Å². The summed E-state index contributed by atoms with van der Waals surface area (Å²) < 4.78 is 5.32. The lowest BCUT2D eigenvalue weighted by molar-refractivity contribution is 0.0488. The van der Waals surface area contributed by atoms with Crippen molar-refractivity contribution in [2.24, 2.45) is 5.92 Å². The molecule has 0 N–H and O–H groups in total. The summed E-state index contributed by atoms with van der Waals surface area (Å²) in [4.78, 5) is 14.4. The molecule has 23 heavy (non-hydrogen) atoms. The second kappa shape index (κ2) is 11.1. The number of hydrogen-bond donors (Lipinski definition) is 0. The maximum atomic E-state index is 12.0. The van der Waals surface area contributed by atoms with Gasteiger partial charge in [-0.25, -0.2) is 4.79 Å². The molecule has 0 saturated heterocycles. The lowest BCUT2D eigenvalue weighted by Crippen LogP contribution is -2.25. The van der Waals surface area contributed by atoms with Crippen LogP contribution in [-0.4, -0.2) is 25.7 Å². The number of benzene rings is 1. The quantitative estimate of drug-likeness (QED) is 0.519. The fraction of sp³-hybridized carbons (Fsp3) is 0.650. The number of anilines is 1. The van der Waals surface area contributed by atoms with E-state index in [9.17, 15) is 4.79 Å². The summed E-state index contributed by atoms with van der Waals surface area (Å²) in [5.41, 5.74) is 1.84. The predicted octanol–water partition coefficient (Wildman–Crippen LogP) is 5.30. The molecule has 0 aliphatic carbocycles. The van der Waals surface area contributed by atoms with Gasteiger partial charge in [0.1, 0.15) is 0 Å². The van der Waals surface area contributed by atoms with Crippen molar-refractivity contribution in [3.8, 4) is 0 Å².